The summed E-state index contributed by atoms with van der Waals surface area (Å²) in [4.78, 5) is 2.52. The molecule has 184 valence electrons. The van der Waals surface area contributed by atoms with Crippen molar-refractivity contribution >= 4 is 0 Å². The van der Waals surface area contributed by atoms with Gasteiger partial charge in [-0.2, -0.15) is 0 Å². The van der Waals surface area contributed by atoms with E-state index in [0.717, 1.165) is 0 Å². The average Bonchev–Trinajstić information content (AvgIpc) is 2.74. The molecule has 1 nitrogen and oxygen atoms in total. The minimum Gasteiger partial charge on any atom is -0.304 e. The first-order chi connectivity index (χ1) is 15.3. The Bertz CT molecular complexity index is 619. The highest BCUT2D eigenvalue weighted by atomic mass is 15.1. The van der Waals surface area contributed by atoms with Crippen molar-refractivity contribution in [3.8, 4) is 0 Å². The zero-order valence-corrected chi connectivity index (χ0v) is 23.0. The van der Waals surface area contributed by atoms with Crippen molar-refractivity contribution in [3.63, 3.8) is 0 Å². The number of hydrogen-bond acceptors (Lipinski definition) is 1. The van der Waals surface area contributed by atoms with Crippen LogP contribution in [0.25, 0.3) is 0 Å². The van der Waals surface area contributed by atoms with Gasteiger partial charge in [0.15, 0.2) is 0 Å². The molecular formula is C31H55N. The van der Waals surface area contributed by atoms with Crippen LogP contribution in [0.5, 0.6) is 0 Å². The molecule has 32 heavy (non-hydrogen) atoms. The summed E-state index contributed by atoms with van der Waals surface area (Å²) in [5.74, 6) is 0. The van der Waals surface area contributed by atoms with Crippen LogP contribution in [0.15, 0.2) is 58.2 Å². The predicted molar refractivity (Wildman–Crippen MR) is 148 cm³/mol. The molecule has 0 heterocycles. The number of rotatable bonds is 18. The van der Waals surface area contributed by atoms with Gasteiger partial charge in [0.1, 0.15) is 0 Å². The van der Waals surface area contributed by atoms with Gasteiger partial charge in [0, 0.05) is 0 Å². The molecule has 0 rings (SSSR count). The number of allylic oxidation sites excluding steroid dienone is 10. The van der Waals surface area contributed by atoms with Crippen molar-refractivity contribution in [2.45, 2.75) is 120 Å². The van der Waals surface area contributed by atoms with Crippen LogP contribution < -0.4 is 0 Å². The largest absolute Gasteiger partial charge is 0.304 e. The molecule has 0 atom stereocenters. The van der Waals surface area contributed by atoms with Gasteiger partial charge in [-0.1, -0.05) is 72.1 Å². The Morgan fingerprint density at radius 3 is 1.28 bits per heavy atom. The van der Waals surface area contributed by atoms with Crippen LogP contribution in [-0.4, -0.2) is 24.5 Å². The fourth-order valence-electron chi connectivity index (χ4n) is 3.87. The van der Waals surface area contributed by atoms with E-state index in [1.165, 1.54) is 106 Å². The smallest absolute Gasteiger partial charge is 0.00159 e. The van der Waals surface area contributed by atoms with Gasteiger partial charge in [-0.05, 0) is 125 Å². The van der Waals surface area contributed by atoms with Crippen LogP contribution in [-0.2, 0) is 0 Å². The topological polar surface area (TPSA) is 3.24 Å². The van der Waals surface area contributed by atoms with E-state index in [1.807, 2.05) is 0 Å². The molecule has 0 saturated carbocycles. The highest BCUT2D eigenvalue weighted by molar-refractivity contribution is 5.07. The monoisotopic (exact) mass is 441 g/mol. The van der Waals surface area contributed by atoms with Crippen LogP contribution in [0.1, 0.15) is 120 Å². The van der Waals surface area contributed by atoms with Gasteiger partial charge in [0.05, 0.1) is 0 Å². The Kier molecular flexibility index (Phi) is 19.4. The lowest BCUT2D eigenvalue weighted by atomic mass is 10.0. The first-order valence-electron chi connectivity index (χ1n) is 13.3. The zero-order valence-electron chi connectivity index (χ0n) is 23.0. The van der Waals surface area contributed by atoms with Crippen molar-refractivity contribution in [2.24, 2.45) is 0 Å². The third-order valence-electron chi connectivity index (χ3n) is 6.25. The van der Waals surface area contributed by atoms with E-state index < -0.39 is 0 Å². The Hall–Kier alpha value is -1.34. The standard InChI is InChI=1S/C31H55N/c1-9-32(10-2)26-16-25-31(8)24-15-22-29(6)19-12-11-18-28(5)21-14-23-30(7)20-13-17-27(3)4/h17-19,23-24H,9-16,20-22,25-26H2,1-8H3/b28-18+,29-19+,30-23+,31-24+. The zero-order chi connectivity index (χ0) is 24.2. The first-order valence-corrected chi connectivity index (χ1v) is 13.3. The lowest BCUT2D eigenvalue weighted by Crippen LogP contribution is -2.23. The Morgan fingerprint density at radius 2 is 0.875 bits per heavy atom. The van der Waals surface area contributed by atoms with Gasteiger partial charge in [-0.25, -0.2) is 0 Å². The maximum atomic E-state index is 2.52. The van der Waals surface area contributed by atoms with Crippen LogP contribution in [0.4, 0.5) is 0 Å². The molecule has 1 heteroatoms. The minimum atomic E-state index is 1.17. The molecule has 0 aliphatic heterocycles. The number of nitrogens with zero attached hydrogens (tertiary/aromatic N) is 1. The van der Waals surface area contributed by atoms with E-state index in [4.69, 9.17) is 0 Å². The second-order valence-corrected chi connectivity index (χ2v) is 9.81. The normalized spacial score (nSPS) is 13.8. The van der Waals surface area contributed by atoms with E-state index in [9.17, 15) is 0 Å². The summed E-state index contributed by atoms with van der Waals surface area (Å²) in [6.45, 7) is 21.6. The average molecular weight is 442 g/mol. The second kappa shape index (κ2) is 20.3. The first kappa shape index (κ1) is 30.7. The summed E-state index contributed by atoms with van der Waals surface area (Å²) in [7, 11) is 0. The third-order valence-corrected chi connectivity index (χ3v) is 6.25. The van der Waals surface area contributed by atoms with Crippen molar-refractivity contribution < 1.29 is 0 Å². The van der Waals surface area contributed by atoms with Crippen molar-refractivity contribution in [1.82, 2.24) is 4.90 Å². The lowest BCUT2D eigenvalue weighted by molar-refractivity contribution is 0.300. The summed E-state index contributed by atoms with van der Waals surface area (Å²) in [6.07, 6.45) is 24.1. The maximum absolute atomic E-state index is 2.52. The maximum Gasteiger partial charge on any atom is -0.00159 e. The molecular weight excluding hydrogens is 386 g/mol. The molecule has 0 unspecified atom stereocenters. The van der Waals surface area contributed by atoms with E-state index in [-0.39, 0.29) is 0 Å². The van der Waals surface area contributed by atoms with Crippen molar-refractivity contribution in [1.29, 1.82) is 0 Å². The van der Waals surface area contributed by atoms with E-state index in [2.05, 4.69) is 90.7 Å². The quantitative estimate of drug-likeness (QED) is 0.151. The molecule has 0 saturated heterocycles. The van der Waals surface area contributed by atoms with Crippen molar-refractivity contribution in [3.05, 3.63) is 58.2 Å². The molecule has 0 spiro atoms. The van der Waals surface area contributed by atoms with Gasteiger partial charge in [-0.15, -0.1) is 0 Å². The number of hydrogen-bond donors (Lipinski definition) is 0. The van der Waals surface area contributed by atoms with Crippen molar-refractivity contribution in [2.75, 3.05) is 19.6 Å². The fourth-order valence-corrected chi connectivity index (χ4v) is 3.87. The van der Waals surface area contributed by atoms with Gasteiger partial charge < -0.3 is 4.90 Å². The Morgan fingerprint density at radius 1 is 0.500 bits per heavy atom. The van der Waals surface area contributed by atoms with Crippen LogP contribution in [0.3, 0.4) is 0 Å². The van der Waals surface area contributed by atoms with E-state index >= 15 is 0 Å². The molecule has 0 fully saturated rings. The van der Waals surface area contributed by atoms with Crippen LogP contribution in [0, 0.1) is 0 Å². The lowest BCUT2D eigenvalue weighted by Gasteiger charge is -2.17. The van der Waals surface area contributed by atoms with Gasteiger partial charge >= 0.3 is 0 Å². The molecule has 0 aliphatic carbocycles. The highest BCUT2D eigenvalue weighted by Gasteiger charge is 1.99. The molecule has 0 radical (unpaired) electrons. The summed E-state index contributed by atoms with van der Waals surface area (Å²) in [5, 5.41) is 0. The molecule has 0 bridgehead atoms. The molecule has 0 aromatic rings. The summed E-state index contributed by atoms with van der Waals surface area (Å²) in [5.41, 5.74) is 7.59. The minimum absolute atomic E-state index is 1.17. The van der Waals surface area contributed by atoms with E-state index in [0.29, 0.717) is 0 Å². The highest BCUT2D eigenvalue weighted by Crippen LogP contribution is 2.14. The van der Waals surface area contributed by atoms with Crippen LogP contribution in [0.2, 0.25) is 0 Å². The second-order valence-electron chi connectivity index (χ2n) is 9.81. The van der Waals surface area contributed by atoms with Gasteiger partial charge in [0.25, 0.3) is 0 Å². The van der Waals surface area contributed by atoms with Gasteiger partial charge in [-0.3, -0.25) is 0 Å². The Balaban J connectivity index is 4.04. The molecule has 0 aromatic carbocycles. The van der Waals surface area contributed by atoms with Crippen LogP contribution >= 0.6 is 0 Å². The SMILES string of the molecule is CCN(CC)CCC/C(C)=C/CC/C(C)=C/CC/C=C(\C)CC/C=C(\C)CCC=C(C)C. The fraction of sp³-hybridized carbons (Fsp3) is 0.677. The Labute approximate surface area is 202 Å². The number of unbranched alkanes of at least 4 members (excludes halogenated alkanes) is 1. The molecule has 0 aromatic heterocycles. The summed E-state index contributed by atoms with van der Waals surface area (Å²) >= 11 is 0. The summed E-state index contributed by atoms with van der Waals surface area (Å²) in [6, 6.07) is 0. The molecule has 0 N–H and O–H groups in total. The van der Waals surface area contributed by atoms with Gasteiger partial charge in [0.2, 0.25) is 0 Å². The third kappa shape index (κ3) is 19.4. The predicted octanol–water partition coefficient (Wildman–Crippen LogP) is 9.98. The summed E-state index contributed by atoms with van der Waals surface area (Å²) < 4.78 is 0. The van der Waals surface area contributed by atoms with E-state index in [1.54, 1.807) is 5.57 Å². The molecule has 0 amide bonds. The molecule has 0 aliphatic rings.